The van der Waals surface area contributed by atoms with Gasteiger partial charge in [-0.05, 0) is 68.8 Å². The molecule has 0 amide bonds. The van der Waals surface area contributed by atoms with Crippen LogP contribution in [0, 0.1) is 6.92 Å². The molecule has 0 radical (unpaired) electrons. The molecule has 1 heterocycles. The maximum absolute atomic E-state index is 12.2. The fourth-order valence-electron chi connectivity index (χ4n) is 3.02. The number of hydrogen-bond acceptors (Lipinski definition) is 6. The van der Waals surface area contributed by atoms with Crippen LogP contribution in [0.1, 0.15) is 31.0 Å². The largest absolute Gasteiger partial charge is 0.460 e. The monoisotopic (exact) mass is 557 g/mol. The second kappa shape index (κ2) is 12.7. The highest BCUT2D eigenvalue weighted by molar-refractivity contribution is 6.56. The van der Waals surface area contributed by atoms with Gasteiger partial charge in [0.25, 0.3) is 0 Å². The summed E-state index contributed by atoms with van der Waals surface area (Å²) in [6, 6.07) is 13.8. The van der Waals surface area contributed by atoms with Crippen LogP contribution < -0.4 is 14.2 Å². The standard InChI is InChI=1S/C25H24Cl2F3N3O4/c1-16-22(15-31-34-14-4-13-25(28,29)30)24(33(3)32-16)37-21-11-9-20(10-12-21)36-19-7-5-18(6-8-19)35-17(2)23(26)27/h5-12,15H,4,13-14H2,1-3H3/b31-15+. The van der Waals surface area contributed by atoms with E-state index in [0.717, 1.165) is 0 Å². The third kappa shape index (κ3) is 8.91. The predicted molar refractivity (Wildman–Crippen MR) is 135 cm³/mol. The van der Waals surface area contributed by atoms with Gasteiger partial charge in [-0.2, -0.15) is 18.3 Å². The Morgan fingerprint density at radius 2 is 1.51 bits per heavy atom. The van der Waals surface area contributed by atoms with Crippen molar-refractivity contribution in [2.75, 3.05) is 6.61 Å². The van der Waals surface area contributed by atoms with Crippen molar-refractivity contribution in [3.8, 4) is 28.9 Å². The summed E-state index contributed by atoms with van der Waals surface area (Å²) in [6.45, 7) is 3.26. The number of rotatable bonds is 11. The molecule has 198 valence electrons. The normalized spacial score (nSPS) is 11.5. The molecule has 3 aromatic rings. The lowest BCUT2D eigenvalue weighted by Crippen LogP contribution is -2.08. The number of benzene rings is 2. The Kier molecular flexibility index (Phi) is 9.71. The van der Waals surface area contributed by atoms with E-state index < -0.39 is 12.6 Å². The van der Waals surface area contributed by atoms with Crippen LogP contribution in [0.15, 0.2) is 63.9 Å². The molecular weight excluding hydrogens is 534 g/mol. The van der Waals surface area contributed by atoms with Crippen molar-refractivity contribution in [1.82, 2.24) is 9.78 Å². The summed E-state index contributed by atoms with van der Waals surface area (Å²) in [6.07, 6.45) is -3.95. The maximum atomic E-state index is 12.2. The van der Waals surface area contributed by atoms with Gasteiger partial charge in [0, 0.05) is 13.5 Å². The summed E-state index contributed by atoms with van der Waals surface area (Å²) in [5.41, 5.74) is 1.16. The summed E-state index contributed by atoms with van der Waals surface area (Å²) in [5, 5.41) is 8.06. The van der Waals surface area contributed by atoms with E-state index >= 15 is 0 Å². The van der Waals surface area contributed by atoms with E-state index in [2.05, 4.69) is 10.3 Å². The molecule has 0 aliphatic carbocycles. The molecule has 0 fully saturated rings. The number of ether oxygens (including phenoxy) is 3. The minimum atomic E-state index is -4.22. The number of allylic oxidation sites excluding steroid dienone is 1. The van der Waals surface area contributed by atoms with Gasteiger partial charge in [-0.3, -0.25) is 0 Å². The zero-order valence-corrected chi connectivity index (χ0v) is 21.7. The molecule has 0 saturated carbocycles. The smallest absolute Gasteiger partial charge is 0.389 e. The summed E-state index contributed by atoms with van der Waals surface area (Å²) in [7, 11) is 1.70. The van der Waals surface area contributed by atoms with Gasteiger partial charge in [-0.1, -0.05) is 28.4 Å². The number of hydrogen-bond donors (Lipinski definition) is 0. The van der Waals surface area contributed by atoms with Crippen molar-refractivity contribution in [2.45, 2.75) is 32.9 Å². The van der Waals surface area contributed by atoms with Crippen molar-refractivity contribution in [3.05, 3.63) is 70.0 Å². The van der Waals surface area contributed by atoms with E-state index in [1.165, 1.54) is 10.9 Å². The topological polar surface area (TPSA) is 67.1 Å². The van der Waals surface area contributed by atoms with Gasteiger partial charge in [-0.25, -0.2) is 4.68 Å². The molecule has 0 unspecified atom stereocenters. The molecule has 12 heteroatoms. The van der Waals surface area contributed by atoms with Gasteiger partial charge in [0.1, 0.15) is 39.9 Å². The van der Waals surface area contributed by atoms with E-state index in [1.807, 2.05) is 0 Å². The SMILES string of the molecule is CC(Oc1ccc(Oc2ccc(Oc3c(/C=N/OCCCC(F)(F)F)c(C)nn3C)cc2)cc1)=C(Cl)Cl. The lowest BCUT2D eigenvalue weighted by atomic mass is 10.2. The quantitative estimate of drug-likeness (QED) is 0.103. The second-order valence-electron chi connectivity index (χ2n) is 7.78. The number of oxime groups is 1. The first kappa shape index (κ1) is 28.2. The van der Waals surface area contributed by atoms with Crippen LogP contribution in [0.25, 0.3) is 0 Å². The minimum Gasteiger partial charge on any atom is -0.460 e. The third-order valence-corrected chi connectivity index (χ3v) is 5.33. The fourth-order valence-corrected chi connectivity index (χ4v) is 3.09. The van der Waals surface area contributed by atoms with E-state index in [-0.39, 0.29) is 17.5 Å². The van der Waals surface area contributed by atoms with Crippen LogP contribution >= 0.6 is 23.2 Å². The highest BCUT2D eigenvalue weighted by Gasteiger charge is 2.26. The lowest BCUT2D eigenvalue weighted by Gasteiger charge is -2.10. The zero-order chi connectivity index (χ0) is 27.0. The molecule has 2 aromatic carbocycles. The molecule has 1 aromatic heterocycles. The van der Waals surface area contributed by atoms with Gasteiger partial charge in [0.05, 0.1) is 17.5 Å². The maximum Gasteiger partial charge on any atom is 0.389 e. The molecular formula is C25H24Cl2F3N3O4. The second-order valence-corrected chi connectivity index (χ2v) is 8.73. The minimum absolute atomic E-state index is 0.0523. The van der Waals surface area contributed by atoms with E-state index in [1.54, 1.807) is 69.4 Å². The van der Waals surface area contributed by atoms with Crippen LogP contribution in [0.2, 0.25) is 0 Å². The molecule has 3 rings (SSSR count). The molecule has 0 saturated heterocycles. The molecule has 0 spiro atoms. The number of alkyl halides is 3. The number of aromatic nitrogens is 2. The Morgan fingerprint density at radius 3 is 2.05 bits per heavy atom. The Morgan fingerprint density at radius 1 is 0.973 bits per heavy atom. The highest BCUT2D eigenvalue weighted by atomic mass is 35.5. The lowest BCUT2D eigenvalue weighted by molar-refractivity contribution is -0.137. The Labute approximate surface area is 222 Å². The first-order valence-electron chi connectivity index (χ1n) is 11.0. The van der Waals surface area contributed by atoms with Gasteiger partial charge in [0.15, 0.2) is 0 Å². The van der Waals surface area contributed by atoms with Crippen LogP contribution in [0.3, 0.4) is 0 Å². The van der Waals surface area contributed by atoms with Gasteiger partial charge in [-0.15, -0.1) is 0 Å². The summed E-state index contributed by atoms with van der Waals surface area (Å²) in [5.74, 6) is 3.03. The van der Waals surface area contributed by atoms with Crippen LogP contribution in [-0.4, -0.2) is 28.8 Å². The van der Waals surface area contributed by atoms with Crippen molar-refractivity contribution < 1.29 is 32.2 Å². The fraction of sp³-hybridized carbons (Fsp3) is 0.280. The molecule has 7 nitrogen and oxygen atoms in total. The van der Waals surface area contributed by atoms with Crippen molar-refractivity contribution in [2.24, 2.45) is 12.2 Å². The zero-order valence-electron chi connectivity index (χ0n) is 20.2. The Balaban J connectivity index is 1.59. The van der Waals surface area contributed by atoms with Gasteiger partial charge >= 0.3 is 6.18 Å². The predicted octanol–water partition coefficient (Wildman–Crippen LogP) is 8.05. The molecule has 0 bridgehead atoms. The number of halogens is 5. The summed E-state index contributed by atoms with van der Waals surface area (Å²) >= 11 is 11.4. The molecule has 0 atom stereocenters. The highest BCUT2D eigenvalue weighted by Crippen LogP contribution is 2.30. The van der Waals surface area contributed by atoms with Crippen LogP contribution in [0.5, 0.6) is 28.9 Å². The molecule has 0 aliphatic rings. The van der Waals surface area contributed by atoms with Crippen molar-refractivity contribution >= 4 is 29.4 Å². The molecule has 37 heavy (non-hydrogen) atoms. The average molecular weight is 558 g/mol. The Bertz CT molecular complexity index is 1240. The molecule has 0 aliphatic heterocycles. The summed E-state index contributed by atoms with van der Waals surface area (Å²) in [4.78, 5) is 4.95. The first-order valence-corrected chi connectivity index (χ1v) is 11.8. The summed E-state index contributed by atoms with van der Waals surface area (Å²) < 4.78 is 55.5. The molecule has 0 N–H and O–H groups in total. The van der Waals surface area contributed by atoms with Gasteiger partial charge in [0.2, 0.25) is 5.88 Å². The number of aryl methyl sites for hydroxylation is 2. The van der Waals surface area contributed by atoms with Crippen molar-refractivity contribution in [1.29, 1.82) is 0 Å². The average Bonchev–Trinajstić information content (AvgIpc) is 3.09. The van der Waals surface area contributed by atoms with E-state index in [0.29, 0.717) is 45.9 Å². The third-order valence-electron chi connectivity index (χ3n) is 4.80. The Hall–Kier alpha value is -3.37. The van der Waals surface area contributed by atoms with E-state index in [9.17, 15) is 13.2 Å². The van der Waals surface area contributed by atoms with Crippen LogP contribution in [0.4, 0.5) is 13.2 Å². The first-order chi connectivity index (χ1) is 17.5. The van der Waals surface area contributed by atoms with Crippen molar-refractivity contribution in [3.63, 3.8) is 0 Å². The number of nitrogens with zero attached hydrogens (tertiary/aromatic N) is 3. The van der Waals surface area contributed by atoms with Crippen LogP contribution in [-0.2, 0) is 11.9 Å². The van der Waals surface area contributed by atoms with Gasteiger partial charge < -0.3 is 19.0 Å². The van der Waals surface area contributed by atoms with E-state index in [4.69, 9.17) is 42.3 Å².